The van der Waals surface area contributed by atoms with Gasteiger partial charge in [-0.2, -0.15) is 0 Å². The topological polar surface area (TPSA) is 0 Å². The smallest absolute Gasteiger partial charge is 0.00402 e. The zero-order valence-corrected chi connectivity index (χ0v) is 8.52. The van der Waals surface area contributed by atoms with E-state index in [0.717, 1.165) is 6.42 Å². The molecule has 0 amide bonds. The third kappa shape index (κ3) is 1.89. The third-order valence-electron chi connectivity index (χ3n) is 2.69. The Balaban J connectivity index is 3.02. The minimum atomic E-state index is 0.629. The summed E-state index contributed by atoms with van der Waals surface area (Å²) in [7, 11) is 0. The molecular weight excluding hydrogens is 144 g/mol. The molecule has 2 unspecified atom stereocenters. The van der Waals surface area contributed by atoms with Crippen LogP contribution >= 0.6 is 0 Å². The summed E-state index contributed by atoms with van der Waals surface area (Å²) in [5, 5.41) is 0. The highest BCUT2D eigenvalue weighted by Crippen LogP contribution is 2.23. The summed E-state index contributed by atoms with van der Waals surface area (Å²) < 4.78 is 0. The van der Waals surface area contributed by atoms with Crippen LogP contribution in [0, 0.1) is 11.8 Å². The first-order chi connectivity index (χ1) is 5.65. The van der Waals surface area contributed by atoms with Gasteiger partial charge in [0.25, 0.3) is 0 Å². The summed E-state index contributed by atoms with van der Waals surface area (Å²) in [5.41, 5.74) is 6.16. The normalized spacial score (nSPS) is 29.3. The summed E-state index contributed by atoms with van der Waals surface area (Å²) in [6.45, 7) is 8.90. The Morgan fingerprint density at radius 1 is 1.33 bits per heavy atom. The minimum absolute atomic E-state index is 0.629. The fourth-order valence-electron chi connectivity index (χ4n) is 1.53. The molecule has 1 aliphatic rings. The molecule has 1 aliphatic carbocycles. The highest BCUT2D eigenvalue weighted by molar-refractivity contribution is 5.30. The lowest BCUT2D eigenvalue weighted by Crippen LogP contribution is -2.00. The van der Waals surface area contributed by atoms with Crippen LogP contribution in [0.2, 0.25) is 0 Å². The number of rotatable bonds is 1. The van der Waals surface area contributed by atoms with Gasteiger partial charge in [-0.25, -0.2) is 0 Å². The molecule has 0 nitrogen and oxygen atoms in total. The second-order valence-electron chi connectivity index (χ2n) is 3.71. The molecule has 0 saturated heterocycles. The van der Waals surface area contributed by atoms with Crippen LogP contribution in [0.5, 0.6) is 0 Å². The maximum Gasteiger partial charge on any atom is -0.00402 e. The van der Waals surface area contributed by atoms with Gasteiger partial charge in [0.1, 0.15) is 0 Å². The highest BCUT2D eigenvalue weighted by Gasteiger charge is 2.10. The summed E-state index contributed by atoms with van der Waals surface area (Å²) in [5.74, 6) is 1.28. The van der Waals surface area contributed by atoms with Crippen molar-refractivity contribution in [1.82, 2.24) is 0 Å². The molecule has 0 heterocycles. The SMILES string of the molecule is CCC1=C=CC(C)C(C)C=C1C. The van der Waals surface area contributed by atoms with E-state index in [9.17, 15) is 0 Å². The van der Waals surface area contributed by atoms with Crippen molar-refractivity contribution >= 4 is 0 Å². The number of hydrogen-bond donors (Lipinski definition) is 0. The minimum Gasteiger partial charge on any atom is -0.121 e. The van der Waals surface area contributed by atoms with E-state index in [1.54, 1.807) is 0 Å². The van der Waals surface area contributed by atoms with Gasteiger partial charge in [-0.05, 0) is 42.4 Å². The molecule has 12 heavy (non-hydrogen) atoms. The molecular formula is C12H18. The predicted octanol–water partition coefficient (Wildman–Crippen LogP) is 3.71. The van der Waals surface area contributed by atoms with Crippen LogP contribution < -0.4 is 0 Å². The van der Waals surface area contributed by atoms with Gasteiger partial charge in [0.05, 0.1) is 0 Å². The van der Waals surface area contributed by atoms with E-state index >= 15 is 0 Å². The van der Waals surface area contributed by atoms with Crippen LogP contribution in [-0.2, 0) is 0 Å². The van der Waals surface area contributed by atoms with Crippen LogP contribution in [-0.4, -0.2) is 0 Å². The molecule has 0 aromatic carbocycles. The largest absolute Gasteiger partial charge is 0.121 e. The van der Waals surface area contributed by atoms with Gasteiger partial charge in [-0.15, -0.1) is 5.73 Å². The monoisotopic (exact) mass is 162 g/mol. The first kappa shape index (κ1) is 9.35. The molecule has 2 atom stereocenters. The van der Waals surface area contributed by atoms with Crippen molar-refractivity contribution in [2.24, 2.45) is 11.8 Å². The van der Waals surface area contributed by atoms with E-state index in [2.05, 4.69) is 45.6 Å². The van der Waals surface area contributed by atoms with Crippen molar-refractivity contribution in [2.75, 3.05) is 0 Å². The molecule has 1 rings (SSSR count). The van der Waals surface area contributed by atoms with Crippen LogP contribution in [0.15, 0.2) is 29.0 Å². The van der Waals surface area contributed by atoms with Gasteiger partial charge in [0.15, 0.2) is 0 Å². The molecule has 0 heteroatoms. The summed E-state index contributed by atoms with van der Waals surface area (Å²) in [4.78, 5) is 0. The number of hydrogen-bond acceptors (Lipinski definition) is 0. The lowest BCUT2D eigenvalue weighted by Gasteiger charge is -2.10. The molecule has 0 aliphatic heterocycles. The summed E-state index contributed by atoms with van der Waals surface area (Å²) >= 11 is 0. The average Bonchev–Trinajstić information content (AvgIpc) is 2.14. The number of allylic oxidation sites excluding steroid dienone is 3. The molecule has 0 saturated carbocycles. The van der Waals surface area contributed by atoms with E-state index in [4.69, 9.17) is 0 Å². The van der Waals surface area contributed by atoms with Crippen molar-refractivity contribution in [3.05, 3.63) is 29.0 Å². The van der Waals surface area contributed by atoms with E-state index in [0.29, 0.717) is 11.8 Å². The van der Waals surface area contributed by atoms with Gasteiger partial charge in [-0.3, -0.25) is 0 Å². The van der Waals surface area contributed by atoms with Crippen LogP contribution in [0.4, 0.5) is 0 Å². The van der Waals surface area contributed by atoms with Gasteiger partial charge in [-0.1, -0.05) is 26.8 Å². The summed E-state index contributed by atoms with van der Waals surface area (Å²) in [6.07, 6.45) is 5.66. The molecule has 66 valence electrons. The van der Waals surface area contributed by atoms with Gasteiger partial charge < -0.3 is 0 Å². The van der Waals surface area contributed by atoms with Gasteiger partial charge in [0, 0.05) is 0 Å². The molecule has 0 aromatic rings. The Hall–Kier alpha value is -0.740. The first-order valence-corrected chi connectivity index (χ1v) is 4.79. The third-order valence-corrected chi connectivity index (χ3v) is 2.69. The lowest BCUT2D eigenvalue weighted by molar-refractivity contribution is 0.558. The fourth-order valence-corrected chi connectivity index (χ4v) is 1.53. The zero-order valence-electron chi connectivity index (χ0n) is 8.52. The Morgan fingerprint density at radius 3 is 2.58 bits per heavy atom. The first-order valence-electron chi connectivity index (χ1n) is 4.79. The standard InChI is InChI=1S/C12H18/c1-5-12-7-6-9(2)10(3)8-11(12)4/h6,8-10H,5H2,1-4H3. The van der Waals surface area contributed by atoms with Crippen molar-refractivity contribution in [3.63, 3.8) is 0 Å². The van der Waals surface area contributed by atoms with Crippen LogP contribution in [0.1, 0.15) is 34.1 Å². The van der Waals surface area contributed by atoms with E-state index < -0.39 is 0 Å². The summed E-state index contributed by atoms with van der Waals surface area (Å²) in [6, 6.07) is 0. The Morgan fingerprint density at radius 2 is 2.00 bits per heavy atom. The van der Waals surface area contributed by atoms with E-state index in [1.807, 2.05) is 0 Å². The fraction of sp³-hybridized carbons (Fsp3) is 0.583. The molecule has 0 N–H and O–H groups in total. The van der Waals surface area contributed by atoms with Gasteiger partial charge in [0.2, 0.25) is 0 Å². The second-order valence-corrected chi connectivity index (χ2v) is 3.71. The molecule has 0 radical (unpaired) electrons. The average molecular weight is 162 g/mol. The Labute approximate surface area is 75.7 Å². The molecule has 0 aromatic heterocycles. The van der Waals surface area contributed by atoms with Crippen molar-refractivity contribution in [1.29, 1.82) is 0 Å². The highest BCUT2D eigenvalue weighted by atomic mass is 14.1. The second kappa shape index (κ2) is 3.78. The lowest BCUT2D eigenvalue weighted by atomic mass is 9.95. The van der Waals surface area contributed by atoms with Crippen molar-refractivity contribution < 1.29 is 0 Å². The predicted molar refractivity (Wildman–Crippen MR) is 54.0 cm³/mol. The van der Waals surface area contributed by atoms with Crippen molar-refractivity contribution in [3.8, 4) is 0 Å². The zero-order chi connectivity index (χ0) is 9.14. The molecule has 0 bridgehead atoms. The molecule has 0 spiro atoms. The maximum absolute atomic E-state index is 3.38. The molecule has 0 fully saturated rings. The maximum atomic E-state index is 3.38. The van der Waals surface area contributed by atoms with Crippen molar-refractivity contribution in [2.45, 2.75) is 34.1 Å². The van der Waals surface area contributed by atoms with E-state index in [1.165, 1.54) is 11.1 Å². The van der Waals surface area contributed by atoms with Gasteiger partial charge >= 0.3 is 0 Å². The van der Waals surface area contributed by atoms with Crippen LogP contribution in [0.3, 0.4) is 0 Å². The Kier molecular flexibility index (Phi) is 2.94. The quantitative estimate of drug-likeness (QED) is 0.516. The van der Waals surface area contributed by atoms with E-state index in [-0.39, 0.29) is 0 Å². The van der Waals surface area contributed by atoms with Crippen LogP contribution in [0.25, 0.3) is 0 Å². The Bertz CT molecular complexity index is 249.